The molecule has 0 bridgehead atoms. The molecule has 0 saturated carbocycles. The lowest BCUT2D eigenvalue weighted by Gasteiger charge is -2.34. The molecule has 19 heavy (non-hydrogen) atoms. The molecule has 2 rings (SSSR count). The molecule has 0 N–H and O–H groups in total. The summed E-state index contributed by atoms with van der Waals surface area (Å²) in [5, 5.41) is 0.246. The molecule has 3 heteroatoms. The van der Waals surface area contributed by atoms with Gasteiger partial charge in [-0.2, -0.15) is 0 Å². The molecule has 1 aromatic rings. The molecule has 0 fully saturated rings. The Morgan fingerprint density at radius 2 is 1.74 bits per heavy atom. The second kappa shape index (κ2) is 4.34. The summed E-state index contributed by atoms with van der Waals surface area (Å²) in [5.74, 6) is 0.131. The number of carbonyl (C=O) groups excluding carboxylic acids is 1. The van der Waals surface area contributed by atoms with Crippen molar-refractivity contribution >= 4 is 25.2 Å². The van der Waals surface area contributed by atoms with Gasteiger partial charge in [0.05, 0.1) is 13.8 Å². The Labute approximate surface area is 117 Å². The Bertz CT molecular complexity index is 552. The van der Waals surface area contributed by atoms with Gasteiger partial charge in [-0.25, -0.2) is 0 Å². The lowest BCUT2D eigenvalue weighted by molar-refractivity contribution is -0.112. The molecule has 0 atom stereocenters. The van der Waals surface area contributed by atoms with Gasteiger partial charge in [0.2, 0.25) is 0 Å². The van der Waals surface area contributed by atoms with Gasteiger partial charge in [-0.15, -0.1) is 0 Å². The van der Waals surface area contributed by atoms with Crippen molar-refractivity contribution in [1.29, 1.82) is 0 Å². The molecular formula is C16H23NOSi. The number of hydrogen-bond acceptors (Lipinski definition) is 1. The smallest absolute Gasteiger partial charge is 0.258 e. The normalized spacial score (nSPS) is 18.1. The molecule has 1 heterocycles. The minimum absolute atomic E-state index is 0.131. The first-order valence-electron chi connectivity index (χ1n) is 6.75. The van der Waals surface area contributed by atoms with E-state index < -0.39 is 8.07 Å². The minimum atomic E-state index is -1.62. The van der Waals surface area contributed by atoms with Crippen molar-refractivity contribution in [1.82, 2.24) is 0 Å². The highest BCUT2D eigenvalue weighted by Gasteiger charge is 2.37. The van der Waals surface area contributed by atoms with Crippen molar-refractivity contribution in [3.05, 3.63) is 35.5 Å². The number of anilines is 1. The number of carbonyl (C=O) groups is 1. The number of amides is 1. The number of fused-ring (bicyclic) bond motifs is 1. The number of hydrogen-bond donors (Lipinski definition) is 0. The zero-order valence-corrected chi connectivity index (χ0v) is 13.7. The third-order valence-electron chi connectivity index (χ3n) is 4.53. The van der Waals surface area contributed by atoms with E-state index in [-0.39, 0.29) is 10.9 Å². The van der Waals surface area contributed by atoms with Gasteiger partial charge in [-0.05, 0) is 11.1 Å². The molecule has 2 nitrogen and oxygen atoms in total. The van der Waals surface area contributed by atoms with Crippen LogP contribution in [0, 0.1) is 0 Å². The Hall–Kier alpha value is -1.35. The van der Waals surface area contributed by atoms with E-state index in [1.165, 1.54) is 0 Å². The Kier molecular flexibility index (Phi) is 3.21. The van der Waals surface area contributed by atoms with Crippen molar-refractivity contribution in [2.24, 2.45) is 0 Å². The van der Waals surface area contributed by atoms with E-state index in [0.717, 1.165) is 16.8 Å². The fourth-order valence-corrected chi connectivity index (χ4v) is 3.55. The summed E-state index contributed by atoms with van der Waals surface area (Å²) in [6, 6.07) is 8.05. The monoisotopic (exact) mass is 273 g/mol. The van der Waals surface area contributed by atoms with E-state index >= 15 is 0 Å². The average molecular weight is 273 g/mol. The molecule has 1 amide bonds. The second-order valence-electron chi connectivity index (χ2n) is 6.91. The van der Waals surface area contributed by atoms with Crippen LogP contribution in [0.5, 0.6) is 0 Å². The predicted molar refractivity (Wildman–Crippen MR) is 85.0 cm³/mol. The van der Waals surface area contributed by atoms with E-state index in [9.17, 15) is 4.79 Å². The fraction of sp³-hybridized carbons (Fsp3) is 0.438. The summed E-state index contributed by atoms with van der Waals surface area (Å²) in [6.45, 7) is 11.5. The van der Waals surface area contributed by atoms with E-state index in [2.05, 4.69) is 45.6 Å². The molecule has 0 radical (unpaired) electrons. The van der Waals surface area contributed by atoms with Crippen LogP contribution < -0.4 is 4.90 Å². The van der Waals surface area contributed by atoms with E-state index in [1.807, 2.05) is 25.2 Å². The predicted octanol–water partition coefficient (Wildman–Crippen LogP) is 4.09. The molecule has 1 aliphatic heterocycles. The van der Waals surface area contributed by atoms with Gasteiger partial charge in [0.15, 0.2) is 0 Å². The van der Waals surface area contributed by atoms with Gasteiger partial charge in [0.1, 0.15) is 0 Å². The zero-order chi connectivity index (χ0) is 14.4. The molecule has 1 aliphatic rings. The Morgan fingerprint density at radius 3 is 2.32 bits per heavy atom. The highest BCUT2D eigenvalue weighted by molar-refractivity contribution is 6.86. The maximum absolute atomic E-state index is 12.4. The Morgan fingerprint density at radius 1 is 1.16 bits per heavy atom. The van der Waals surface area contributed by atoms with Crippen molar-refractivity contribution in [2.45, 2.75) is 38.9 Å². The fourth-order valence-electron chi connectivity index (χ4n) is 2.12. The van der Waals surface area contributed by atoms with Gasteiger partial charge in [-0.1, -0.05) is 57.8 Å². The van der Waals surface area contributed by atoms with E-state index in [4.69, 9.17) is 0 Å². The van der Waals surface area contributed by atoms with Gasteiger partial charge in [-0.3, -0.25) is 4.79 Å². The highest BCUT2D eigenvalue weighted by atomic mass is 28.3. The highest BCUT2D eigenvalue weighted by Crippen LogP contribution is 2.42. The number of likely N-dealkylation sites (N-methyl/N-ethyl adjacent to an activating group) is 1. The van der Waals surface area contributed by atoms with Gasteiger partial charge in [0.25, 0.3) is 5.91 Å². The summed E-state index contributed by atoms with van der Waals surface area (Å²) in [5.41, 5.74) is 5.28. The largest absolute Gasteiger partial charge is 0.311 e. The molecule has 102 valence electrons. The van der Waals surface area contributed by atoms with E-state index in [0.29, 0.717) is 0 Å². The van der Waals surface area contributed by atoms with Crippen LogP contribution in [-0.4, -0.2) is 21.0 Å². The molecule has 0 aliphatic carbocycles. The topological polar surface area (TPSA) is 20.3 Å². The zero-order valence-electron chi connectivity index (χ0n) is 12.7. The van der Waals surface area contributed by atoms with Crippen molar-refractivity contribution in [3.63, 3.8) is 0 Å². The van der Waals surface area contributed by atoms with Crippen LogP contribution in [0.3, 0.4) is 0 Å². The SMILES string of the molecule is CN1C(=O)/C(=C/[Si](C)(C)C(C)(C)C)c2ccccc21. The lowest BCUT2D eigenvalue weighted by atomic mass is 10.1. The van der Waals surface area contributed by atoms with Gasteiger partial charge in [0, 0.05) is 18.2 Å². The standard InChI is InChI=1S/C16H23NOSi/c1-16(2,3)19(5,6)11-13-12-9-7-8-10-14(12)17(4)15(13)18/h7-11H,1-6H3/b13-11+. The van der Waals surface area contributed by atoms with Crippen LogP contribution in [0.15, 0.2) is 30.0 Å². The van der Waals surface area contributed by atoms with Crippen LogP contribution in [0.25, 0.3) is 5.57 Å². The summed E-state index contributed by atoms with van der Waals surface area (Å²) >= 11 is 0. The van der Waals surface area contributed by atoms with E-state index in [1.54, 1.807) is 4.90 Å². The van der Waals surface area contributed by atoms with Gasteiger partial charge >= 0.3 is 0 Å². The molecule has 1 aromatic carbocycles. The van der Waals surface area contributed by atoms with Crippen LogP contribution in [-0.2, 0) is 4.79 Å². The summed E-state index contributed by atoms with van der Waals surface area (Å²) in [4.78, 5) is 14.2. The van der Waals surface area contributed by atoms with Crippen molar-refractivity contribution < 1.29 is 4.79 Å². The number of rotatable bonds is 1. The van der Waals surface area contributed by atoms with Crippen LogP contribution in [0.1, 0.15) is 26.3 Å². The third kappa shape index (κ3) is 2.27. The number of benzene rings is 1. The average Bonchev–Trinajstić information content (AvgIpc) is 2.54. The van der Waals surface area contributed by atoms with Crippen LogP contribution in [0.4, 0.5) is 5.69 Å². The second-order valence-corrected chi connectivity index (χ2v) is 12.1. The number of para-hydroxylation sites is 1. The van der Waals surface area contributed by atoms with Crippen molar-refractivity contribution in [2.75, 3.05) is 11.9 Å². The molecule has 0 saturated heterocycles. The lowest BCUT2D eigenvalue weighted by Crippen LogP contribution is -2.36. The molecular weight excluding hydrogens is 250 g/mol. The summed E-state index contributed by atoms with van der Waals surface area (Å²) in [6.07, 6.45) is 0. The molecule has 0 aromatic heterocycles. The maximum atomic E-state index is 12.4. The first kappa shape index (κ1) is 14.1. The van der Waals surface area contributed by atoms with Crippen molar-refractivity contribution in [3.8, 4) is 0 Å². The number of nitrogens with zero attached hydrogens (tertiary/aromatic N) is 1. The first-order valence-corrected chi connectivity index (χ1v) is 9.83. The first-order chi connectivity index (χ1) is 8.65. The quantitative estimate of drug-likeness (QED) is 0.557. The molecule has 0 spiro atoms. The third-order valence-corrected chi connectivity index (χ3v) is 9.41. The van der Waals surface area contributed by atoms with Crippen LogP contribution in [0.2, 0.25) is 18.1 Å². The van der Waals surface area contributed by atoms with Crippen LogP contribution >= 0.6 is 0 Å². The van der Waals surface area contributed by atoms with Gasteiger partial charge < -0.3 is 4.90 Å². The summed E-state index contributed by atoms with van der Waals surface area (Å²) in [7, 11) is 0.235. The summed E-state index contributed by atoms with van der Waals surface area (Å²) < 4.78 is 0. The Balaban J connectivity index is 2.56. The molecule has 0 unspecified atom stereocenters. The minimum Gasteiger partial charge on any atom is -0.311 e. The maximum Gasteiger partial charge on any atom is 0.258 e.